The number of thiocarbonyl (C=S) groups is 1. The lowest BCUT2D eigenvalue weighted by Gasteiger charge is -2.30. The van der Waals surface area contributed by atoms with Crippen molar-refractivity contribution in [1.29, 1.82) is 0 Å². The average Bonchev–Trinajstić information content (AvgIpc) is 3.24. The first kappa shape index (κ1) is 14.8. The number of nitrogens with zero attached hydrogens (tertiary/aromatic N) is 2. The molecule has 21 heavy (non-hydrogen) atoms. The first-order valence-corrected chi connectivity index (χ1v) is 8.71. The molecular weight excluding hydrogens is 282 g/mol. The van der Waals surface area contributed by atoms with Gasteiger partial charge in [-0.25, -0.2) is 0 Å². The monoisotopic (exact) mass is 307 g/mol. The molecule has 1 heterocycles. The van der Waals surface area contributed by atoms with Crippen molar-refractivity contribution in [2.75, 3.05) is 19.6 Å². The van der Waals surface area contributed by atoms with Crippen molar-refractivity contribution in [2.24, 2.45) is 5.92 Å². The second kappa shape index (κ2) is 6.77. The summed E-state index contributed by atoms with van der Waals surface area (Å²) >= 11 is 5.49. The number of hydrogen-bond acceptors (Lipinski definition) is 2. The Kier molecular flexibility index (Phi) is 4.78. The molecule has 0 bridgehead atoms. The molecule has 2 aliphatic carbocycles. The van der Waals surface area contributed by atoms with Crippen LogP contribution in [0.1, 0.15) is 51.4 Å². The summed E-state index contributed by atoms with van der Waals surface area (Å²) in [5, 5.41) is 7.90. The van der Waals surface area contributed by atoms with E-state index in [-0.39, 0.29) is 11.8 Å². The third-order valence-corrected chi connectivity index (χ3v) is 4.91. The van der Waals surface area contributed by atoms with Gasteiger partial charge in [0.15, 0.2) is 5.11 Å². The van der Waals surface area contributed by atoms with Gasteiger partial charge in [-0.15, -0.1) is 0 Å². The Bertz CT molecular complexity index is 445. The fourth-order valence-corrected chi connectivity index (χ4v) is 3.44. The summed E-state index contributed by atoms with van der Waals surface area (Å²) in [6, 6.07) is 0. The lowest BCUT2D eigenvalue weighted by Crippen LogP contribution is -2.49. The molecule has 0 spiro atoms. The highest BCUT2D eigenvalue weighted by Gasteiger charge is 2.38. The molecule has 0 unspecified atom stereocenters. The van der Waals surface area contributed by atoms with E-state index in [4.69, 9.17) is 12.2 Å². The van der Waals surface area contributed by atoms with Gasteiger partial charge in [-0.3, -0.25) is 14.8 Å². The van der Waals surface area contributed by atoms with E-state index in [2.05, 4.69) is 11.4 Å². The van der Waals surface area contributed by atoms with Crippen LogP contribution in [0, 0.1) is 5.92 Å². The van der Waals surface area contributed by atoms with Crippen molar-refractivity contribution in [1.82, 2.24) is 15.3 Å². The summed E-state index contributed by atoms with van der Waals surface area (Å²) in [5.74, 6) is 0.535. The molecule has 1 saturated heterocycles. The standard InChI is InChI=1S/C16H25N3OS/c20-15(14-7-8-14)18-11-4-12-19(18)16(21)17-10-9-13-5-2-1-3-6-13/h5,14H,1-4,6-12H2,(H,17,21). The van der Waals surface area contributed by atoms with Crippen LogP contribution < -0.4 is 5.32 Å². The number of amides is 1. The third-order valence-electron chi connectivity index (χ3n) is 4.55. The van der Waals surface area contributed by atoms with Gasteiger partial charge in [0.25, 0.3) is 0 Å². The van der Waals surface area contributed by atoms with E-state index in [1.54, 1.807) is 5.57 Å². The fraction of sp³-hybridized carbons (Fsp3) is 0.750. The lowest BCUT2D eigenvalue weighted by atomic mass is 9.97. The molecule has 0 atom stereocenters. The fourth-order valence-electron chi connectivity index (χ4n) is 3.15. The molecule has 5 heteroatoms. The highest BCUT2D eigenvalue weighted by atomic mass is 32.1. The Morgan fingerprint density at radius 3 is 2.76 bits per heavy atom. The van der Waals surface area contributed by atoms with E-state index in [1.165, 1.54) is 25.7 Å². The van der Waals surface area contributed by atoms with E-state index in [0.29, 0.717) is 0 Å². The molecule has 3 rings (SSSR count). The Hall–Kier alpha value is -1.10. The van der Waals surface area contributed by atoms with Crippen molar-refractivity contribution in [3.05, 3.63) is 11.6 Å². The topological polar surface area (TPSA) is 35.6 Å². The van der Waals surface area contributed by atoms with Crippen LogP contribution in [0.2, 0.25) is 0 Å². The summed E-state index contributed by atoms with van der Waals surface area (Å²) in [7, 11) is 0. The molecule has 0 aromatic carbocycles. The minimum absolute atomic E-state index is 0.265. The van der Waals surface area contributed by atoms with Crippen LogP contribution in [0.15, 0.2) is 11.6 Å². The SMILES string of the molecule is O=C(C1CC1)N1CCCN1C(=S)NCCC1=CCCCC1. The van der Waals surface area contributed by atoms with Crippen LogP contribution >= 0.6 is 12.2 Å². The first-order chi connectivity index (χ1) is 10.3. The molecule has 1 N–H and O–H groups in total. The van der Waals surface area contributed by atoms with Gasteiger partial charge in [-0.2, -0.15) is 0 Å². The number of allylic oxidation sites excluding steroid dienone is 1. The van der Waals surface area contributed by atoms with Crippen LogP contribution in [0.4, 0.5) is 0 Å². The summed E-state index contributed by atoms with van der Waals surface area (Å²) in [5.41, 5.74) is 1.56. The number of rotatable bonds is 4. The van der Waals surface area contributed by atoms with Gasteiger partial charge < -0.3 is 5.32 Å². The largest absolute Gasteiger partial charge is 0.361 e. The van der Waals surface area contributed by atoms with Gasteiger partial charge in [-0.05, 0) is 63.6 Å². The molecule has 0 aromatic heterocycles. The predicted molar refractivity (Wildman–Crippen MR) is 87.5 cm³/mol. The maximum Gasteiger partial charge on any atom is 0.244 e. The second-order valence-corrected chi connectivity index (χ2v) is 6.69. The lowest BCUT2D eigenvalue weighted by molar-refractivity contribution is -0.140. The van der Waals surface area contributed by atoms with E-state index in [0.717, 1.165) is 50.4 Å². The summed E-state index contributed by atoms with van der Waals surface area (Å²) in [4.78, 5) is 12.2. The molecule has 1 saturated carbocycles. The van der Waals surface area contributed by atoms with Crippen molar-refractivity contribution in [3.63, 3.8) is 0 Å². The maximum atomic E-state index is 12.2. The molecule has 3 aliphatic rings. The normalized spacial score (nSPS) is 22.2. The van der Waals surface area contributed by atoms with Crippen molar-refractivity contribution in [3.8, 4) is 0 Å². The van der Waals surface area contributed by atoms with Crippen LogP contribution in [0.5, 0.6) is 0 Å². The predicted octanol–water partition coefficient (Wildman–Crippen LogP) is 2.61. The van der Waals surface area contributed by atoms with Crippen LogP contribution in [-0.2, 0) is 4.79 Å². The van der Waals surface area contributed by atoms with E-state index in [9.17, 15) is 4.79 Å². The molecule has 1 amide bonds. The maximum absolute atomic E-state index is 12.2. The van der Waals surface area contributed by atoms with Gasteiger partial charge in [0.1, 0.15) is 0 Å². The number of carbonyl (C=O) groups is 1. The van der Waals surface area contributed by atoms with Gasteiger partial charge in [0.2, 0.25) is 5.91 Å². The minimum Gasteiger partial charge on any atom is -0.361 e. The second-order valence-electron chi connectivity index (χ2n) is 6.30. The summed E-state index contributed by atoms with van der Waals surface area (Å²) < 4.78 is 0. The Labute approximate surface area is 132 Å². The van der Waals surface area contributed by atoms with Crippen LogP contribution in [0.3, 0.4) is 0 Å². The zero-order chi connectivity index (χ0) is 14.7. The Morgan fingerprint density at radius 2 is 2.05 bits per heavy atom. The third kappa shape index (κ3) is 3.76. The summed E-state index contributed by atoms with van der Waals surface area (Å²) in [6.07, 6.45) is 11.7. The first-order valence-electron chi connectivity index (χ1n) is 8.30. The molecule has 1 aliphatic heterocycles. The van der Waals surface area contributed by atoms with E-state index >= 15 is 0 Å². The Balaban J connectivity index is 1.45. The zero-order valence-electron chi connectivity index (χ0n) is 12.6. The quantitative estimate of drug-likeness (QED) is 0.640. The average molecular weight is 307 g/mol. The zero-order valence-corrected chi connectivity index (χ0v) is 13.5. The smallest absolute Gasteiger partial charge is 0.244 e. The minimum atomic E-state index is 0.265. The van der Waals surface area contributed by atoms with Crippen molar-refractivity contribution >= 4 is 23.2 Å². The van der Waals surface area contributed by atoms with Gasteiger partial charge in [0, 0.05) is 25.6 Å². The van der Waals surface area contributed by atoms with E-state index in [1.807, 2.05) is 10.0 Å². The van der Waals surface area contributed by atoms with Crippen molar-refractivity contribution in [2.45, 2.75) is 51.4 Å². The highest BCUT2D eigenvalue weighted by Crippen LogP contribution is 2.32. The van der Waals surface area contributed by atoms with Gasteiger partial charge in [0.05, 0.1) is 0 Å². The molecular formula is C16H25N3OS. The number of hydrogen-bond donors (Lipinski definition) is 1. The molecule has 0 radical (unpaired) electrons. The molecule has 4 nitrogen and oxygen atoms in total. The van der Waals surface area contributed by atoms with Crippen LogP contribution in [-0.4, -0.2) is 40.7 Å². The van der Waals surface area contributed by atoms with Gasteiger partial charge >= 0.3 is 0 Å². The van der Waals surface area contributed by atoms with E-state index < -0.39 is 0 Å². The molecule has 0 aromatic rings. The van der Waals surface area contributed by atoms with Crippen LogP contribution in [0.25, 0.3) is 0 Å². The summed E-state index contributed by atoms with van der Waals surface area (Å²) in [6.45, 7) is 2.57. The van der Waals surface area contributed by atoms with Gasteiger partial charge in [-0.1, -0.05) is 11.6 Å². The Morgan fingerprint density at radius 1 is 1.24 bits per heavy atom. The van der Waals surface area contributed by atoms with Crippen molar-refractivity contribution < 1.29 is 4.79 Å². The molecule has 116 valence electrons. The number of nitrogens with one attached hydrogen (secondary N) is 1. The number of carbonyl (C=O) groups excluding carboxylic acids is 1. The highest BCUT2D eigenvalue weighted by molar-refractivity contribution is 7.80. The molecule has 2 fully saturated rings. The number of hydrazine groups is 1.